The number of anilines is 2. The lowest BCUT2D eigenvalue weighted by Crippen LogP contribution is -2.40. The van der Waals surface area contributed by atoms with Crippen LogP contribution < -0.4 is 10.2 Å². The Morgan fingerprint density at radius 1 is 1.12 bits per heavy atom. The number of carbonyl (C=O) groups excluding carboxylic acids is 2. The number of halogens is 1. The van der Waals surface area contributed by atoms with Gasteiger partial charge in [0.05, 0.1) is 5.41 Å². The zero-order valence-electron chi connectivity index (χ0n) is 14.8. The number of nitrogens with one attached hydrogen (secondary N) is 1. The van der Waals surface area contributed by atoms with Gasteiger partial charge in [-0.05, 0) is 74.7 Å². The van der Waals surface area contributed by atoms with Crippen LogP contribution in [0.25, 0.3) is 0 Å². The lowest BCUT2D eigenvalue weighted by molar-refractivity contribution is -0.124. The molecular weight excluding hydrogens is 336 g/mol. The van der Waals surface area contributed by atoms with Gasteiger partial charge in [0.1, 0.15) is 6.54 Å². The van der Waals surface area contributed by atoms with Crippen molar-refractivity contribution in [2.45, 2.75) is 33.1 Å². The van der Waals surface area contributed by atoms with Crippen molar-refractivity contribution >= 4 is 34.8 Å². The quantitative estimate of drug-likeness (QED) is 0.895. The molecule has 0 bridgehead atoms. The highest BCUT2D eigenvalue weighted by Crippen LogP contribution is 2.42. The molecule has 0 spiro atoms. The van der Waals surface area contributed by atoms with Crippen LogP contribution in [-0.2, 0) is 15.0 Å². The van der Waals surface area contributed by atoms with Crippen molar-refractivity contribution in [3.63, 3.8) is 0 Å². The first kappa shape index (κ1) is 17.5. The van der Waals surface area contributed by atoms with Gasteiger partial charge in [0, 0.05) is 16.4 Å². The van der Waals surface area contributed by atoms with Gasteiger partial charge in [0.25, 0.3) is 0 Å². The van der Waals surface area contributed by atoms with E-state index in [1.807, 2.05) is 45.9 Å². The third-order valence-corrected chi connectivity index (χ3v) is 5.03. The van der Waals surface area contributed by atoms with E-state index in [0.717, 1.165) is 22.5 Å². The number of hydrogen-bond donors (Lipinski definition) is 1. The number of rotatable bonds is 3. The molecule has 0 unspecified atom stereocenters. The Morgan fingerprint density at radius 2 is 1.84 bits per heavy atom. The van der Waals surface area contributed by atoms with Crippen molar-refractivity contribution in [3.8, 4) is 0 Å². The molecular formula is C20H21ClN2O2. The maximum Gasteiger partial charge on any atom is 0.244 e. The molecule has 3 rings (SSSR count). The van der Waals surface area contributed by atoms with Gasteiger partial charge in [-0.3, -0.25) is 9.59 Å². The molecule has 0 saturated carbocycles. The summed E-state index contributed by atoms with van der Waals surface area (Å²) in [5.41, 5.74) is 3.91. The number of carbonyl (C=O) groups is 2. The molecule has 2 aromatic carbocycles. The lowest BCUT2D eigenvalue weighted by Gasteiger charge is -2.20. The van der Waals surface area contributed by atoms with Gasteiger partial charge < -0.3 is 10.2 Å². The highest BCUT2D eigenvalue weighted by Gasteiger charge is 2.44. The van der Waals surface area contributed by atoms with Gasteiger partial charge in [-0.2, -0.15) is 0 Å². The summed E-state index contributed by atoms with van der Waals surface area (Å²) in [6.45, 7) is 7.70. The maximum absolute atomic E-state index is 12.8. The van der Waals surface area contributed by atoms with E-state index in [-0.39, 0.29) is 18.4 Å². The number of benzene rings is 2. The summed E-state index contributed by atoms with van der Waals surface area (Å²) in [5.74, 6) is -0.324. The molecule has 1 aliphatic rings. The monoisotopic (exact) mass is 356 g/mol. The van der Waals surface area contributed by atoms with Crippen molar-refractivity contribution in [2.75, 3.05) is 16.8 Å². The largest absolute Gasteiger partial charge is 0.325 e. The minimum Gasteiger partial charge on any atom is -0.325 e. The van der Waals surface area contributed by atoms with Crippen LogP contribution in [0.1, 0.15) is 30.5 Å². The Morgan fingerprint density at radius 3 is 2.52 bits per heavy atom. The average Bonchev–Trinajstić information content (AvgIpc) is 2.72. The normalized spacial score (nSPS) is 15.2. The molecule has 5 heteroatoms. The van der Waals surface area contributed by atoms with E-state index in [9.17, 15) is 9.59 Å². The predicted octanol–water partition coefficient (Wildman–Crippen LogP) is 4.22. The fourth-order valence-corrected chi connectivity index (χ4v) is 3.30. The molecule has 25 heavy (non-hydrogen) atoms. The maximum atomic E-state index is 12.8. The molecule has 0 aliphatic carbocycles. The van der Waals surface area contributed by atoms with Crippen LogP contribution in [0.3, 0.4) is 0 Å². The van der Waals surface area contributed by atoms with Gasteiger partial charge in [-0.1, -0.05) is 17.7 Å². The van der Waals surface area contributed by atoms with Crippen LogP contribution >= 0.6 is 11.6 Å². The molecule has 0 fully saturated rings. The second-order valence-corrected chi connectivity index (χ2v) is 7.46. The third-order valence-electron chi connectivity index (χ3n) is 4.79. The highest BCUT2D eigenvalue weighted by atomic mass is 35.5. The summed E-state index contributed by atoms with van der Waals surface area (Å²) in [6, 6.07) is 11.1. The molecule has 0 saturated heterocycles. The van der Waals surface area contributed by atoms with E-state index < -0.39 is 5.41 Å². The molecule has 0 aromatic heterocycles. The molecule has 4 nitrogen and oxygen atoms in total. The summed E-state index contributed by atoms with van der Waals surface area (Å²) in [7, 11) is 0. The van der Waals surface area contributed by atoms with Crippen LogP contribution in [0.4, 0.5) is 11.4 Å². The molecule has 0 radical (unpaired) electrons. The first-order valence-electron chi connectivity index (χ1n) is 8.19. The molecule has 2 amide bonds. The standard InChI is InChI=1S/C20H21ClN2O2/c1-12-5-7-15(9-13(12)2)22-18(24)11-23-17-8-6-14(21)10-16(17)20(3,4)19(23)25/h5-10H,11H2,1-4H3,(H,22,24). The van der Waals surface area contributed by atoms with E-state index >= 15 is 0 Å². The Hall–Kier alpha value is -2.33. The van der Waals surface area contributed by atoms with Crippen LogP contribution in [0, 0.1) is 13.8 Å². The van der Waals surface area contributed by atoms with Crippen molar-refractivity contribution < 1.29 is 9.59 Å². The first-order valence-corrected chi connectivity index (χ1v) is 8.57. The zero-order valence-corrected chi connectivity index (χ0v) is 15.6. The minimum atomic E-state index is -0.693. The van der Waals surface area contributed by atoms with Crippen molar-refractivity contribution in [1.82, 2.24) is 0 Å². The van der Waals surface area contributed by atoms with Gasteiger partial charge >= 0.3 is 0 Å². The smallest absolute Gasteiger partial charge is 0.244 e. The van der Waals surface area contributed by atoms with Crippen LogP contribution in [-0.4, -0.2) is 18.4 Å². The summed E-state index contributed by atoms with van der Waals surface area (Å²) in [4.78, 5) is 26.8. The lowest BCUT2D eigenvalue weighted by atomic mass is 9.86. The molecule has 1 aliphatic heterocycles. The Balaban J connectivity index is 1.82. The number of fused-ring (bicyclic) bond motifs is 1. The third kappa shape index (κ3) is 3.14. The second-order valence-electron chi connectivity index (χ2n) is 7.02. The number of nitrogens with zero attached hydrogens (tertiary/aromatic N) is 1. The molecule has 1 heterocycles. The summed E-state index contributed by atoms with van der Waals surface area (Å²) in [5, 5.41) is 3.45. The van der Waals surface area contributed by atoms with Crippen molar-refractivity contribution in [2.24, 2.45) is 0 Å². The van der Waals surface area contributed by atoms with Gasteiger partial charge in [0.15, 0.2) is 0 Å². The fraction of sp³-hybridized carbons (Fsp3) is 0.300. The summed E-state index contributed by atoms with van der Waals surface area (Å²) >= 11 is 6.08. The van der Waals surface area contributed by atoms with E-state index in [1.54, 1.807) is 18.2 Å². The number of amides is 2. The Kier molecular flexibility index (Phi) is 4.33. The highest BCUT2D eigenvalue weighted by molar-refractivity contribution is 6.31. The number of hydrogen-bond acceptors (Lipinski definition) is 2. The molecule has 1 N–H and O–H groups in total. The van der Waals surface area contributed by atoms with Gasteiger partial charge in [-0.15, -0.1) is 0 Å². The fourth-order valence-electron chi connectivity index (χ4n) is 3.13. The molecule has 0 atom stereocenters. The number of aryl methyl sites for hydroxylation is 2. The minimum absolute atomic E-state index is 0.0240. The van der Waals surface area contributed by atoms with Crippen molar-refractivity contribution in [3.05, 3.63) is 58.1 Å². The van der Waals surface area contributed by atoms with Gasteiger partial charge in [0.2, 0.25) is 11.8 Å². The van der Waals surface area contributed by atoms with E-state index in [0.29, 0.717) is 5.02 Å². The van der Waals surface area contributed by atoms with E-state index in [2.05, 4.69) is 5.32 Å². The first-order chi connectivity index (χ1) is 11.7. The topological polar surface area (TPSA) is 49.4 Å². The van der Waals surface area contributed by atoms with Crippen LogP contribution in [0.15, 0.2) is 36.4 Å². The summed E-state index contributed by atoms with van der Waals surface area (Å²) in [6.07, 6.45) is 0. The average molecular weight is 357 g/mol. The van der Waals surface area contributed by atoms with Crippen molar-refractivity contribution in [1.29, 1.82) is 0 Å². The summed E-state index contributed by atoms with van der Waals surface area (Å²) < 4.78 is 0. The van der Waals surface area contributed by atoms with Gasteiger partial charge in [-0.25, -0.2) is 0 Å². The molecule has 2 aromatic rings. The van der Waals surface area contributed by atoms with E-state index in [1.165, 1.54) is 10.5 Å². The van der Waals surface area contributed by atoms with Crippen LogP contribution in [0.2, 0.25) is 5.02 Å². The Bertz CT molecular complexity index is 874. The second kappa shape index (κ2) is 6.19. The molecule has 130 valence electrons. The predicted molar refractivity (Wildman–Crippen MR) is 101 cm³/mol. The van der Waals surface area contributed by atoms with E-state index in [4.69, 9.17) is 11.6 Å². The van der Waals surface area contributed by atoms with Crippen LogP contribution in [0.5, 0.6) is 0 Å². The SMILES string of the molecule is Cc1ccc(NC(=O)CN2C(=O)C(C)(C)c3cc(Cl)ccc32)cc1C. The Labute approximate surface area is 152 Å². The zero-order chi connectivity index (χ0) is 18.4.